The van der Waals surface area contributed by atoms with E-state index in [1.54, 1.807) is 0 Å². The van der Waals surface area contributed by atoms with Crippen molar-refractivity contribution in [1.82, 2.24) is 5.32 Å². The molecule has 0 heterocycles. The maximum atomic E-state index is 11.5. The molecule has 0 aromatic heterocycles. The van der Waals surface area contributed by atoms with Crippen LogP contribution in [-0.2, 0) is 4.79 Å². The van der Waals surface area contributed by atoms with E-state index in [1.807, 2.05) is 12.2 Å². The monoisotopic (exact) mass is 238 g/mol. The topological polar surface area (TPSA) is 107 Å². The van der Waals surface area contributed by atoms with Gasteiger partial charge in [-0.2, -0.15) is 0 Å². The molecule has 0 unspecified atom stereocenters. The third-order valence-electron chi connectivity index (χ3n) is 2.89. The molecule has 0 saturated heterocycles. The highest BCUT2D eigenvalue weighted by atomic mass is 16.2. The van der Waals surface area contributed by atoms with E-state index in [4.69, 9.17) is 17.2 Å². The lowest BCUT2D eigenvalue weighted by molar-refractivity contribution is -0.122. The smallest absolute Gasteiger partial charge is 0.237 e. The zero-order valence-corrected chi connectivity index (χ0v) is 10.1. The zero-order chi connectivity index (χ0) is 12.7. The number of nitrogens with one attached hydrogen (secondary N) is 1. The number of hydrogen-bond acceptors (Lipinski definition) is 4. The van der Waals surface area contributed by atoms with Gasteiger partial charge in [0.05, 0.1) is 6.04 Å². The van der Waals surface area contributed by atoms with E-state index in [2.05, 4.69) is 5.32 Å². The fraction of sp³-hybridized carbons (Fsp3) is 0.583. The molecule has 17 heavy (non-hydrogen) atoms. The SMILES string of the molecule is NCC[C@H](N)C(=O)NCC1=CC=C(CN)CC1. The first-order chi connectivity index (χ1) is 8.17. The van der Waals surface area contributed by atoms with Crippen LogP contribution in [0.2, 0.25) is 0 Å². The highest BCUT2D eigenvalue weighted by Gasteiger charge is 2.12. The number of carbonyl (C=O) groups excluding carboxylic acids is 1. The van der Waals surface area contributed by atoms with Gasteiger partial charge in [-0.25, -0.2) is 0 Å². The van der Waals surface area contributed by atoms with Gasteiger partial charge in [0, 0.05) is 13.1 Å². The summed E-state index contributed by atoms with van der Waals surface area (Å²) in [5.41, 5.74) is 19.0. The highest BCUT2D eigenvalue weighted by Crippen LogP contribution is 2.16. The molecule has 1 aliphatic carbocycles. The van der Waals surface area contributed by atoms with Gasteiger partial charge in [-0.3, -0.25) is 4.79 Å². The van der Waals surface area contributed by atoms with Crippen LogP contribution in [0.25, 0.3) is 0 Å². The molecule has 96 valence electrons. The Morgan fingerprint density at radius 3 is 2.47 bits per heavy atom. The van der Waals surface area contributed by atoms with Crippen LogP contribution in [-0.4, -0.2) is 31.6 Å². The number of allylic oxidation sites excluding steroid dienone is 2. The molecule has 7 N–H and O–H groups in total. The summed E-state index contributed by atoms with van der Waals surface area (Å²) in [6.07, 6.45) is 6.51. The van der Waals surface area contributed by atoms with Crippen molar-refractivity contribution in [2.24, 2.45) is 17.2 Å². The molecular formula is C12H22N4O. The van der Waals surface area contributed by atoms with E-state index in [9.17, 15) is 4.79 Å². The third-order valence-corrected chi connectivity index (χ3v) is 2.89. The molecule has 1 aliphatic rings. The molecule has 1 rings (SSSR count). The molecule has 0 saturated carbocycles. The number of hydrogen-bond donors (Lipinski definition) is 4. The normalized spacial score (nSPS) is 17.1. The van der Waals surface area contributed by atoms with Crippen LogP contribution in [0.1, 0.15) is 19.3 Å². The lowest BCUT2D eigenvalue weighted by Gasteiger charge is -2.16. The van der Waals surface area contributed by atoms with Crippen LogP contribution in [0.4, 0.5) is 0 Å². The Balaban J connectivity index is 2.34. The van der Waals surface area contributed by atoms with Crippen molar-refractivity contribution in [1.29, 1.82) is 0 Å². The van der Waals surface area contributed by atoms with E-state index >= 15 is 0 Å². The summed E-state index contributed by atoms with van der Waals surface area (Å²) in [6, 6.07) is -0.501. The van der Waals surface area contributed by atoms with E-state index in [-0.39, 0.29) is 5.91 Å². The van der Waals surface area contributed by atoms with Crippen LogP contribution in [0.5, 0.6) is 0 Å². The summed E-state index contributed by atoms with van der Waals surface area (Å²) in [7, 11) is 0. The second-order valence-corrected chi connectivity index (χ2v) is 4.26. The minimum Gasteiger partial charge on any atom is -0.351 e. The molecule has 1 atom stereocenters. The summed E-state index contributed by atoms with van der Waals surface area (Å²) >= 11 is 0. The Kier molecular flexibility index (Phi) is 5.90. The molecule has 5 nitrogen and oxygen atoms in total. The minimum absolute atomic E-state index is 0.134. The van der Waals surface area contributed by atoms with Crippen LogP contribution in [0.3, 0.4) is 0 Å². The molecule has 1 amide bonds. The Bertz CT molecular complexity index is 322. The number of amides is 1. The van der Waals surface area contributed by atoms with E-state index in [0.717, 1.165) is 12.8 Å². The first-order valence-electron chi connectivity index (χ1n) is 5.98. The lowest BCUT2D eigenvalue weighted by Crippen LogP contribution is -2.42. The standard InChI is InChI=1S/C12H22N4O/c13-6-5-11(15)12(17)16-8-10-3-1-9(7-14)2-4-10/h1,3,11H,2,4-8,13-15H2,(H,16,17)/t11-/m0/s1. The maximum absolute atomic E-state index is 11.5. The van der Waals surface area contributed by atoms with Crippen molar-refractivity contribution in [2.45, 2.75) is 25.3 Å². The van der Waals surface area contributed by atoms with E-state index in [0.29, 0.717) is 26.1 Å². The predicted molar refractivity (Wildman–Crippen MR) is 69.1 cm³/mol. The molecular weight excluding hydrogens is 216 g/mol. The van der Waals surface area contributed by atoms with Crippen molar-refractivity contribution < 1.29 is 4.79 Å². The van der Waals surface area contributed by atoms with Gasteiger partial charge in [-0.15, -0.1) is 0 Å². The first-order valence-corrected chi connectivity index (χ1v) is 5.98. The summed E-state index contributed by atoms with van der Waals surface area (Å²) in [4.78, 5) is 11.5. The summed E-state index contributed by atoms with van der Waals surface area (Å²) in [5.74, 6) is -0.134. The van der Waals surface area contributed by atoms with Gasteiger partial charge in [0.2, 0.25) is 5.91 Å². The fourth-order valence-corrected chi connectivity index (χ4v) is 1.68. The quantitative estimate of drug-likeness (QED) is 0.495. The van der Waals surface area contributed by atoms with Crippen LogP contribution >= 0.6 is 0 Å². The van der Waals surface area contributed by atoms with E-state index < -0.39 is 6.04 Å². The number of carbonyl (C=O) groups is 1. The van der Waals surface area contributed by atoms with Gasteiger partial charge in [0.25, 0.3) is 0 Å². The summed E-state index contributed by atoms with van der Waals surface area (Å²) in [5, 5.41) is 2.82. The molecule has 0 radical (unpaired) electrons. The first kappa shape index (κ1) is 13.9. The zero-order valence-electron chi connectivity index (χ0n) is 10.1. The highest BCUT2D eigenvalue weighted by molar-refractivity contribution is 5.81. The summed E-state index contributed by atoms with van der Waals surface area (Å²) in [6.45, 7) is 1.60. The van der Waals surface area contributed by atoms with E-state index in [1.165, 1.54) is 11.1 Å². The maximum Gasteiger partial charge on any atom is 0.237 e. The number of nitrogens with two attached hydrogens (primary N) is 3. The van der Waals surface area contributed by atoms with Gasteiger partial charge < -0.3 is 22.5 Å². The van der Waals surface area contributed by atoms with Crippen molar-refractivity contribution >= 4 is 5.91 Å². The average molecular weight is 238 g/mol. The molecule has 0 spiro atoms. The minimum atomic E-state index is -0.501. The lowest BCUT2D eigenvalue weighted by atomic mass is 9.98. The van der Waals surface area contributed by atoms with Gasteiger partial charge >= 0.3 is 0 Å². The van der Waals surface area contributed by atoms with Crippen molar-refractivity contribution in [3.8, 4) is 0 Å². The van der Waals surface area contributed by atoms with Crippen LogP contribution in [0, 0.1) is 0 Å². The summed E-state index contributed by atoms with van der Waals surface area (Å²) < 4.78 is 0. The average Bonchev–Trinajstić information content (AvgIpc) is 2.36. The van der Waals surface area contributed by atoms with Crippen molar-refractivity contribution in [3.63, 3.8) is 0 Å². The fourth-order valence-electron chi connectivity index (χ4n) is 1.68. The predicted octanol–water partition coefficient (Wildman–Crippen LogP) is -0.616. The second-order valence-electron chi connectivity index (χ2n) is 4.26. The Hall–Kier alpha value is -1.17. The third kappa shape index (κ3) is 4.68. The Morgan fingerprint density at radius 2 is 1.94 bits per heavy atom. The molecule has 0 fully saturated rings. The molecule has 0 aliphatic heterocycles. The van der Waals surface area contributed by atoms with Crippen molar-refractivity contribution in [3.05, 3.63) is 23.3 Å². The van der Waals surface area contributed by atoms with Crippen LogP contribution < -0.4 is 22.5 Å². The number of rotatable bonds is 6. The molecule has 5 heteroatoms. The second kappa shape index (κ2) is 7.21. The van der Waals surface area contributed by atoms with Gasteiger partial charge in [-0.05, 0) is 25.8 Å². The Labute approximate surface area is 102 Å². The van der Waals surface area contributed by atoms with Gasteiger partial charge in [0.15, 0.2) is 0 Å². The van der Waals surface area contributed by atoms with Crippen LogP contribution in [0.15, 0.2) is 23.3 Å². The van der Waals surface area contributed by atoms with Gasteiger partial charge in [0.1, 0.15) is 0 Å². The Morgan fingerprint density at radius 1 is 1.29 bits per heavy atom. The van der Waals surface area contributed by atoms with Gasteiger partial charge in [-0.1, -0.05) is 23.3 Å². The largest absolute Gasteiger partial charge is 0.351 e. The van der Waals surface area contributed by atoms with Crippen molar-refractivity contribution in [2.75, 3.05) is 19.6 Å². The molecule has 0 bridgehead atoms. The molecule has 0 aromatic carbocycles. The molecule has 0 aromatic rings.